The van der Waals surface area contributed by atoms with Gasteiger partial charge in [0.25, 0.3) is 0 Å². The maximum atomic E-state index is 12.0. The minimum Gasteiger partial charge on any atom is -0.483 e. The van der Waals surface area contributed by atoms with E-state index in [4.69, 9.17) is 9.47 Å². The van der Waals surface area contributed by atoms with Gasteiger partial charge in [0.2, 0.25) is 0 Å². The molecule has 2 aliphatic rings. The van der Waals surface area contributed by atoms with Crippen LogP contribution in [0.4, 0.5) is 4.79 Å². The smallest absolute Gasteiger partial charge is 0.410 e. The van der Waals surface area contributed by atoms with E-state index in [0.717, 1.165) is 30.7 Å². The third kappa shape index (κ3) is 2.46. The first-order chi connectivity index (χ1) is 9.37. The molecule has 1 fully saturated rings. The predicted molar refractivity (Wildman–Crippen MR) is 72.7 cm³/mol. The van der Waals surface area contributed by atoms with Crippen LogP contribution in [0.2, 0.25) is 0 Å². The van der Waals surface area contributed by atoms with Gasteiger partial charge in [-0.05, 0) is 20.8 Å². The molecule has 1 saturated heterocycles. The van der Waals surface area contributed by atoms with E-state index in [2.05, 4.69) is 10.2 Å². The van der Waals surface area contributed by atoms with Crippen molar-refractivity contribution in [2.45, 2.75) is 51.2 Å². The Kier molecular flexibility index (Phi) is 2.92. The average Bonchev–Trinajstić information content (AvgIpc) is 2.86. The topological polar surface area (TPSA) is 67.5 Å². The molecule has 6 nitrogen and oxygen atoms in total. The van der Waals surface area contributed by atoms with E-state index in [1.807, 2.05) is 20.8 Å². The number of piperidine rings is 1. The Balaban J connectivity index is 1.58. The van der Waals surface area contributed by atoms with Crippen LogP contribution in [-0.2, 0) is 11.2 Å². The number of amides is 1. The third-order valence-electron chi connectivity index (χ3n) is 3.83. The molecule has 1 spiro atoms. The molecule has 1 N–H and O–H groups in total. The van der Waals surface area contributed by atoms with E-state index < -0.39 is 5.60 Å². The van der Waals surface area contributed by atoms with Crippen LogP contribution < -0.4 is 4.74 Å². The summed E-state index contributed by atoms with van der Waals surface area (Å²) in [7, 11) is 0. The second-order valence-electron chi connectivity index (χ2n) is 6.64. The Morgan fingerprint density at radius 3 is 2.75 bits per heavy atom. The molecule has 0 aromatic carbocycles. The van der Waals surface area contributed by atoms with Crippen LogP contribution in [0.5, 0.6) is 5.75 Å². The van der Waals surface area contributed by atoms with Crippen LogP contribution in [0, 0.1) is 0 Å². The van der Waals surface area contributed by atoms with E-state index in [0.29, 0.717) is 13.1 Å². The molecule has 3 heterocycles. The zero-order chi connectivity index (χ0) is 14.4. The van der Waals surface area contributed by atoms with Gasteiger partial charge in [0.1, 0.15) is 11.2 Å². The summed E-state index contributed by atoms with van der Waals surface area (Å²) in [5, 5.41) is 6.94. The summed E-state index contributed by atoms with van der Waals surface area (Å²) in [5.74, 6) is 0.857. The monoisotopic (exact) mass is 279 g/mol. The fourth-order valence-electron chi connectivity index (χ4n) is 2.81. The number of ether oxygens (including phenoxy) is 2. The number of carbonyl (C=O) groups excluding carboxylic acids is 1. The van der Waals surface area contributed by atoms with E-state index in [-0.39, 0.29) is 11.7 Å². The summed E-state index contributed by atoms with van der Waals surface area (Å²) in [6, 6.07) is 0. The fourth-order valence-corrected chi connectivity index (χ4v) is 2.81. The number of aromatic nitrogens is 2. The number of carbonyl (C=O) groups is 1. The van der Waals surface area contributed by atoms with Gasteiger partial charge in [-0.25, -0.2) is 4.79 Å². The lowest BCUT2D eigenvalue weighted by Gasteiger charge is -2.38. The largest absolute Gasteiger partial charge is 0.483 e. The molecule has 110 valence electrons. The van der Waals surface area contributed by atoms with Gasteiger partial charge in [-0.2, -0.15) is 5.10 Å². The number of hydrogen-bond donors (Lipinski definition) is 1. The van der Waals surface area contributed by atoms with Gasteiger partial charge in [0.15, 0.2) is 5.75 Å². The number of likely N-dealkylation sites (tertiary alicyclic amines) is 1. The molecular weight excluding hydrogens is 258 g/mol. The van der Waals surface area contributed by atoms with Crippen molar-refractivity contribution >= 4 is 6.09 Å². The predicted octanol–water partition coefficient (Wildman–Crippen LogP) is 2.11. The zero-order valence-corrected chi connectivity index (χ0v) is 12.2. The van der Waals surface area contributed by atoms with Crippen molar-refractivity contribution in [3.8, 4) is 5.75 Å². The van der Waals surface area contributed by atoms with Gasteiger partial charge in [-0.1, -0.05) is 0 Å². The first-order valence-electron chi connectivity index (χ1n) is 7.06. The Bertz CT molecular complexity index is 487. The first-order valence-corrected chi connectivity index (χ1v) is 7.06. The van der Waals surface area contributed by atoms with Crippen molar-refractivity contribution in [1.29, 1.82) is 0 Å². The highest BCUT2D eigenvalue weighted by Gasteiger charge is 2.44. The number of nitrogens with one attached hydrogen (secondary N) is 1. The summed E-state index contributed by atoms with van der Waals surface area (Å²) in [4.78, 5) is 13.8. The van der Waals surface area contributed by atoms with Gasteiger partial charge >= 0.3 is 6.09 Å². The van der Waals surface area contributed by atoms with Crippen molar-refractivity contribution in [2.75, 3.05) is 13.1 Å². The lowest BCUT2D eigenvalue weighted by molar-refractivity contribution is -0.00916. The Hall–Kier alpha value is -1.72. The number of nitrogens with zero attached hydrogens (tertiary/aromatic N) is 2. The van der Waals surface area contributed by atoms with Crippen LogP contribution in [0.25, 0.3) is 0 Å². The number of rotatable bonds is 0. The van der Waals surface area contributed by atoms with Gasteiger partial charge < -0.3 is 14.4 Å². The van der Waals surface area contributed by atoms with E-state index in [1.165, 1.54) is 0 Å². The lowest BCUT2D eigenvalue weighted by atomic mass is 9.88. The lowest BCUT2D eigenvalue weighted by Crippen LogP contribution is -2.50. The second-order valence-corrected chi connectivity index (χ2v) is 6.64. The summed E-state index contributed by atoms with van der Waals surface area (Å²) < 4.78 is 11.4. The highest BCUT2D eigenvalue weighted by molar-refractivity contribution is 5.68. The molecular formula is C14H21N3O3. The van der Waals surface area contributed by atoms with Crippen LogP contribution >= 0.6 is 0 Å². The molecule has 0 unspecified atom stereocenters. The molecule has 2 aliphatic heterocycles. The Morgan fingerprint density at radius 1 is 1.45 bits per heavy atom. The third-order valence-corrected chi connectivity index (χ3v) is 3.83. The quantitative estimate of drug-likeness (QED) is 0.790. The molecule has 0 atom stereocenters. The van der Waals surface area contributed by atoms with Gasteiger partial charge in [-0.3, -0.25) is 5.10 Å². The fraction of sp³-hybridized carbons (Fsp3) is 0.714. The highest BCUT2D eigenvalue weighted by atomic mass is 16.6. The Morgan fingerprint density at radius 2 is 2.15 bits per heavy atom. The molecule has 0 saturated carbocycles. The molecule has 3 rings (SSSR count). The van der Waals surface area contributed by atoms with Crippen molar-refractivity contribution in [2.24, 2.45) is 0 Å². The average molecular weight is 279 g/mol. The number of hydrogen-bond acceptors (Lipinski definition) is 4. The molecule has 0 radical (unpaired) electrons. The van der Waals surface area contributed by atoms with Gasteiger partial charge in [0.05, 0.1) is 11.9 Å². The second kappa shape index (κ2) is 4.40. The number of aromatic amines is 1. The van der Waals surface area contributed by atoms with E-state index >= 15 is 0 Å². The minimum absolute atomic E-state index is 0.164. The van der Waals surface area contributed by atoms with Gasteiger partial charge in [-0.15, -0.1) is 0 Å². The summed E-state index contributed by atoms with van der Waals surface area (Å²) >= 11 is 0. The highest BCUT2D eigenvalue weighted by Crippen LogP contribution is 2.39. The normalized spacial score (nSPS) is 20.6. The maximum Gasteiger partial charge on any atom is 0.410 e. The SMILES string of the molecule is CC(C)(C)OC(=O)N1CCC2(CC1)Cc1[nH]ncc1O2. The summed E-state index contributed by atoms with van der Waals surface area (Å²) in [6.45, 7) is 7.00. The minimum atomic E-state index is -0.445. The first kappa shape index (κ1) is 13.3. The number of H-pyrrole nitrogens is 1. The van der Waals surface area contributed by atoms with Crippen LogP contribution in [-0.4, -0.2) is 45.5 Å². The summed E-state index contributed by atoms with van der Waals surface area (Å²) in [6.07, 6.45) is 4.00. The molecule has 20 heavy (non-hydrogen) atoms. The molecule has 1 aromatic rings. The molecule has 1 amide bonds. The van der Waals surface area contributed by atoms with Crippen LogP contribution in [0.3, 0.4) is 0 Å². The zero-order valence-electron chi connectivity index (χ0n) is 12.2. The van der Waals surface area contributed by atoms with Crippen molar-refractivity contribution < 1.29 is 14.3 Å². The van der Waals surface area contributed by atoms with Crippen molar-refractivity contribution in [3.05, 3.63) is 11.9 Å². The molecule has 0 bridgehead atoms. The van der Waals surface area contributed by atoms with Crippen molar-refractivity contribution in [1.82, 2.24) is 15.1 Å². The Labute approximate surface area is 118 Å². The van der Waals surface area contributed by atoms with Crippen LogP contribution in [0.15, 0.2) is 6.20 Å². The van der Waals surface area contributed by atoms with E-state index in [1.54, 1.807) is 11.1 Å². The molecule has 1 aromatic heterocycles. The van der Waals surface area contributed by atoms with E-state index in [9.17, 15) is 4.79 Å². The molecule has 6 heteroatoms. The summed E-state index contributed by atoms with van der Waals surface area (Å²) in [5.41, 5.74) is 0.456. The van der Waals surface area contributed by atoms with Gasteiger partial charge in [0, 0.05) is 32.4 Å². The van der Waals surface area contributed by atoms with Crippen molar-refractivity contribution in [3.63, 3.8) is 0 Å². The van der Waals surface area contributed by atoms with Crippen LogP contribution in [0.1, 0.15) is 39.3 Å². The molecule has 0 aliphatic carbocycles. The maximum absolute atomic E-state index is 12.0. The number of fused-ring (bicyclic) bond motifs is 1. The standard InChI is InChI=1S/C14H21N3O3/c1-13(2,3)20-12(18)17-6-4-14(5-7-17)8-10-11(19-14)9-15-16-10/h9H,4-8H2,1-3H3,(H,15,16).